The third-order valence-corrected chi connectivity index (χ3v) is 3.70. The molecule has 2 N–H and O–H groups in total. The van der Waals surface area contributed by atoms with E-state index in [4.69, 9.17) is 5.73 Å². The van der Waals surface area contributed by atoms with Gasteiger partial charge in [-0.15, -0.1) is 0 Å². The number of fused-ring (bicyclic) bond motifs is 2. The Balaban J connectivity index is 2.25. The lowest BCUT2D eigenvalue weighted by molar-refractivity contribution is -0.129. The smallest absolute Gasteiger partial charge is 0.224 e. The highest BCUT2D eigenvalue weighted by Gasteiger charge is 2.51. The average molecular weight is 179 g/mol. The molecule has 1 amide bonds. The Bertz CT molecular complexity index is 259. The molecule has 0 heterocycles. The second-order valence-corrected chi connectivity index (χ2v) is 4.46. The molecule has 0 aromatic rings. The Hall–Kier alpha value is -0.790. The van der Waals surface area contributed by atoms with E-state index in [0.29, 0.717) is 11.8 Å². The van der Waals surface area contributed by atoms with Crippen molar-refractivity contribution in [1.29, 1.82) is 0 Å². The lowest BCUT2D eigenvalue weighted by atomic mass is 9.72. The van der Waals surface area contributed by atoms with Crippen LogP contribution in [0.5, 0.6) is 0 Å². The van der Waals surface area contributed by atoms with Crippen molar-refractivity contribution < 1.29 is 4.79 Å². The highest BCUT2D eigenvalue weighted by Crippen LogP contribution is 2.54. The van der Waals surface area contributed by atoms with Gasteiger partial charge in [0, 0.05) is 0 Å². The topological polar surface area (TPSA) is 43.1 Å². The van der Waals surface area contributed by atoms with Crippen LogP contribution < -0.4 is 5.73 Å². The van der Waals surface area contributed by atoms with Crippen molar-refractivity contribution in [2.45, 2.75) is 32.6 Å². The molecule has 2 nitrogen and oxygen atoms in total. The summed E-state index contributed by atoms with van der Waals surface area (Å²) < 4.78 is 0. The quantitative estimate of drug-likeness (QED) is 0.660. The van der Waals surface area contributed by atoms with E-state index in [0.717, 1.165) is 25.7 Å². The molecule has 2 rings (SSSR count). The zero-order valence-corrected chi connectivity index (χ0v) is 8.12. The molecule has 3 atom stereocenters. The summed E-state index contributed by atoms with van der Waals surface area (Å²) in [6.45, 7) is 2.13. The summed E-state index contributed by atoms with van der Waals surface area (Å²) in [6.07, 6.45) is 8.63. The molecule has 1 saturated carbocycles. The van der Waals surface area contributed by atoms with Crippen molar-refractivity contribution in [2.24, 2.45) is 23.0 Å². The van der Waals surface area contributed by atoms with E-state index in [-0.39, 0.29) is 11.3 Å². The van der Waals surface area contributed by atoms with Crippen LogP contribution in [0.25, 0.3) is 0 Å². The molecule has 72 valence electrons. The predicted octanol–water partition coefficient (Wildman–Crippen LogP) is 1.85. The zero-order valence-electron chi connectivity index (χ0n) is 8.12. The average Bonchev–Trinajstić information content (AvgIpc) is 2.64. The van der Waals surface area contributed by atoms with Gasteiger partial charge in [-0.05, 0) is 31.1 Å². The van der Waals surface area contributed by atoms with Gasteiger partial charge in [0.05, 0.1) is 5.41 Å². The van der Waals surface area contributed by atoms with Gasteiger partial charge in [0.25, 0.3) is 0 Å². The molecule has 0 aliphatic heterocycles. The number of rotatable bonds is 3. The van der Waals surface area contributed by atoms with Crippen molar-refractivity contribution in [1.82, 2.24) is 0 Å². The second kappa shape index (κ2) is 2.86. The third-order valence-electron chi connectivity index (χ3n) is 3.70. The molecule has 1 fully saturated rings. The molecule has 0 radical (unpaired) electrons. The van der Waals surface area contributed by atoms with E-state index in [2.05, 4.69) is 19.1 Å². The highest BCUT2D eigenvalue weighted by molar-refractivity contribution is 5.82. The van der Waals surface area contributed by atoms with Gasteiger partial charge in [0.1, 0.15) is 0 Å². The maximum atomic E-state index is 11.5. The normalized spacial score (nSPS) is 41.3. The van der Waals surface area contributed by atoms with E-state index in [9.17, 15) is 4.79 Å². The van der Waals surface area contributed by atoms with Crippen LogP contribution in [0.1, 0.15) is 32.6 Å². The monoisotopic (exact) mass is 179 g/mol. The van der Waals surface area contributed by atoms with E-state index in [1.165, 1.54) is 0 Å². The van der Waals surface area contributed by atoms with Gasteiger partial charge in [-0.2, -0.15) is 0 Å². The minimum Gasteiger partial charge on any atom is -0.369 e. The summed E-state index contributed by atoms with van der Waals surface area (Å²) in [4.78, 5) is 11.5. The molecule has 0 spiro atoms. The zero-order chi connectivity index (χ0) is 9.47. The Morgan fingerprint density at radius 1 is 1.62 bits per heavy atom. The molecule has 2 aliphatic carbocycles. The van der Waals surface area contributed by atoms with E-state index < -0.39 is 0 Å². The SMILES string of the molecule is CCC[C@]1(C(N)=O)C[C@H]2C=C[C@H]1C2. The van der Waals surface area contributed by atoms with Gasteiger partial charge in [0.15, 0.2) is 0 Å². The number of allylic oxidation sites excluding steroid dienone is 2. The molecule has 0 unspecified atom stereocenters. The highest BCUT2D eigenvalue weighted by atomic mass is 16.1. The Kier molecular flexibility index (Phi) is 1.94. The molecular formula is C11H17NO. The Labute approximate surface area is 79.2 Å². The number of hydrogen-bond acceptors (Lipinski definition) is 1. The van der Waals surface area contributed by atoms with Crippen LogP contribution in [0, 0.1) is 17.3 Å². The fourth-order valence-electron chi connectivity index (χ4n) is 3.10. The minimum absolute atomic E-state index is 0.0776. The van der Waals surface area contributed by atoms with E-state index in [1.807, 2.05) is 0 Å². The number of carbonyl (C=O) groups excluding carboxylic acids is 1. The fourth-order valence-corrected chi connectivity index (χ4v) is 3.10. The first kappa shape index (κ1) is 8.79. The number of amides is 1. The van der Waals surface area contributed by atoms with Gasteiger partial charge in [-0.3, -0.25) is 4.79 Å². The lowest BCUT2D eigenvalue weighted by Gasteiger charge is -2.31. The van der Waals surface area contributed by atoms with Crippen LogP contribution in [-0.4, -0.2) is 5.91 Å². The Morgan fingerprint density at radius 3 is 2.77 bits per heavy atom. The van der Waals surface area contributed by atoms with Crippen molar-refractivity contribution in [3.8, 4) is 0 Å². The van der Waals surface area contributed by atoms with E-state index in [1.54, 1.807) is 0 Å². The molecule has 2 aliphatic rings. The molecule has 0 aromatic carbocycles. The molecule has 13 heavy (non-hydrogen) atoms. The standard InChI is InChI=1S/C11H17NO/c1-2-5-11(10(12)13)7-8-3-4-9(11)6-8/h3-4,8-9H,2,5-7H2,1H3,(H2,12,13)/t8-,9-,11-/m0/s1. The Morgan fingerprint density at radius 2 is 2.38 bits per heavy atom. The number of hydrogen-bond donors (Lipinski definition) is 1. The van der Waals surface area contributed by atoms with Crippen molar-refractivity contribution in [2.75, 3.05) is 0 Å². The first-order chi connectivity index (χ1) is 6.19. The maximum Gasteiger partial charge on any atom is 0.224 e. The van der Waals surface area contributed by atoms with Crippen LogP contribution in [-0.2, 0) is 4.79 Å². The van der Waals surface area contributed by atoms with E-state index >= 15 is 0 Å². The maximum absolute atomic E-state index is 11.5. The number of nitrogens with two attached hydrogens (primary N) is 1. The van der Waals surface area contributed by atoms with Crippen LogP contribution >= 0.6 is 0 Å². The van der Waals surface area contributed by atoms with Crippen LogP contribution in [0.3, 0.4) is 0 Å². The second-order valence-electron chi connectivity index (χ2n) is 4.46. The van der Waals surface area contributed by atoms with Crippen molar-refractivity contribution in [3.63, 3.8) is 0 Å². The molecule has 0 aromatic heterocycles. The largest absolute Gasteiger partial charge is 0.369 e. The minimum atomic E-state index is -0.186. The number of primary amides is 1. The third kappa shape index (κ3) is 1.11. The summed E-state index contributed by atoms with van der Waals surface area (Å²) in [5.74, 6) is 0.991. The van der Waals surface area contributed by atoms with Crippen molar-refractivity contribution >= 4 is 5.91 Å². The number of carbonyl (C=O) groups is 1. The van der Waals surface area contributed by atoms with Crippen LogP contribution in [0.4, 0.5) is 0 Å². The van der Waals surface area contributed by atoms with Gasteiger partial charge >= 0.3 is 0 Å². The summed E-state index contributed by atoms with van der Waals surface area (Å²) >= 11 is 0. The summed E-state index contributed by atoms with van der Waals surface area (Å²) in [5, 5.41) is 0. The first-order valence-electron chi connectivity index (χ1n) is 5.17. The molecular weight excluding hydrogens is 162 g/mol. The van der Waals surface area contributed by atoms with Gasteiger partial charge in [-0.25, -0.2) is 0 Å². The predicted molar refractivity (Wildman–Crippen MR) is 51.9 cm³/mol. The molecule has 2 bridgehead atoms. The van der Waals surface area contributed by atoms with Crippen molar-refractivity contribution in [3.05, 3.63) is 12.2 Å². The first-order valence-corrected chi connectivity index (χ1v) is 5.17. The van der Waals surface area contributed by atoms with Gasteiger partial charge in [-0.1, -0.05) is 25.5 Å². The molecule has 2 heteroatoms. The summed E-state index contributed by atoms with van der Waals surface area (Å²) in [5.41, 5.74) is 5.35. The summed E-state index contributed by atoms with van der Waals surface area (Å²) in [7, 11) is 0. The summed E-state index contributed by atoms with van der Waals surface area (Å²) in [6, 6.07) is 0. The molecule has 0 saturated heterocycles. The lowest BCUT2D eigenvalue weighted by Crippen LogP contribution is -2.40. The van der Waals surface area contributed by atoms with Gasteiger partial charge in [0.2, 0.25) is 5.91 Å². The van der Waals surface area contributed by atoms with Gasteiger partial charge < -0.3 is 5.73 Å². The fraction of sp³-hybridized carbons (Fsp3) is 0.727. The van der Waals surface area contributed by atoms with Crippen LogP contribution in [0.2, 0.25) is 0 Å². The van der Waals surface area contributed by atoms with Crippen LogP contribution in [0.15, 0.2) is 12.2 Å².